The van der Waals surface area contributed by atoms with Crippen molar-refractivity contribution < 1.29 is 40.7 Å². The van der Waals surface area contributed by atoms with Gasteiger partial charge in [0, 0.05) is 36.8 Å². The van der Waals surface area contributed by atoms with E-state index in [1.54, 1.807) is 0 Å². The van der Waals surface area contributed by atoms with Crippen LogP contribution in [0.4, 0.5) is 32.0 Å². The van der Waals surface area contributed by atoms with E-state index in [2.05, 4.69) is 20.5 Å². The molecule has 1 saturated heterocycles. The van der Waals surface area contributed by atoms with Gasteiger partial charge < -0.3 is 16.0 Å². The molecule has 1 aliphatic heterocycles. The van der Waals surface area contributed by atoms with Gasteiger partial charge in [0.25, 0.3) is 5.91 Å². The molecule has 40 heavy (non-hydrogen) atoms. The number of amides is 3. The molecule has 0 atom stereocenters. The number of nitrogens with zero attached hydrogens (tertiary/aromatic N) is 2. The van der Waals surface area contributed by atoms with Crippen LogP contribution in [0, 0.1) is 0 Å². The van der Waals surface area contributed by atoms with Crippen molar-refractivity contribution >= 4 is 23.4 Å². The van der Waals surface area contributed by atoms with E-state index in [1.165, 1.54) is 24.4 Å². The lowest BCUT2D eigenvalue weighted by atomic mass is 9.81. The fraction of sp³-hybridized carbons (Fsp3) is 0.462. The zero-order chi connectivity index (χ0) is 29.1. The molecule has 1 saturated carbocycles. The number of aromatic nitrogens is 1. The van der Waals surface area contributed by atoms with Gasteiger partial charge in [-0.1, -0.05) is 6.07 Å². The van der Waals surface area contributed by atoms with Gasteiger partial charge in [0.2, 0.25) is 5.91 Å². The van der Waals surface area contributed by atoms with Crippen LogP contribution < -0.4 is 16.0 Å². The molecule has 4 rings (SSSR count). The number of likely N-dealkylation sites (tertiary alicyclic amines) is 1. The van der Waals surface area contributed by atoms with Gasteiger partial charge in [0.15, 0.2) is 0 Å². The average molecular weight is 572 g/mol. The SMILES string of the molecule is O=C(CNC(=O)c1cccc(C(F)(F)F)c1)NC1CN(C2CCC(c3ncccc3NC(=O)C(F)(F)F)CC2)C1. The number of carbonyl (C=O) groups excluding carboxylic acids is 3. The van der Waals surface area contributed by atoms with E-state index in [0.717, 1.165) is 31.0 Å². The number of nitrogens with one attached hydrogen (secondary N) is 3. The van der Waals surface area contributed by atoms with Gasteiger partial charge in [-0.25, -0.2) is 0 Å². The zero-order valence-electron chi connectivity index (χ0n) is 21.1. The summed E-state index contributed by atoms with van der Waals surface area (Å²) in [5.41, 5.74) is -0.671. The second-order valence-corrected chi connectivity index (χ2v) is 9.87. The Kier molecular flexibility index (Phi) is 8.66. The lowest BCUT2D eigenvalue weighted by molar-refractivity contribution is -0.167. The normalized spacial score (nSPS) is 20.4. The Labute approximate surface area is 225 Å². The second-order valence-electron chi connectivity index (χ2n) is 9.87. The van der Waals surface area contributed by atoms with Crippen molar-refractivity contribution in [3.8, 4) is 0 Å². The molecule has 1 aromatic carbocycles. The Balaban J connectivity index is 1.19. The Bertz CT molecular complexity index is 1240. The summed E-state index contributed by atoms with van der Waals surface area (Å²) in [6.45, 7) is 0.784. The molecule has 2 aromatic rings. The maximum atomic E-state index is 12.8. The molecule has 2 fully saturated rings. The van der Waals surface area contributed by atoms with E-state index in [0.29, 0.717) is 31.6 Å². The maximum absolute atomic E-state index is 12.8. The minimum Gasteiger partial charge on any atom is -0.349 e. The highest BCUT2D eigenvalue weighted by atomic mass is 19.4. The molecular formula is C26H27F6N5O3. The van der Waals surface area contributed by atoms with E-state index in [1.807, 2.05) is 5.32 Å². The highest BCUT2D eigenvalue weighted by Crippen LogP contribution is 2.38. The number of benzene rings is 1. The molecule has 0 bridgehead atoms. The molecule has 3 N–H and O–H groups in total. The van der Waals surface area contributed by atoms with Crippen molar-refractivity contribution in [1.29, 1.82) is 0 Å². The minimum atomic E-state index is -5.00. The second kappa shape index (κ2) is 11.8. The average Bonchev–Trinajstić information content (AvgIpc) is 2.88. The van der Waals surface area contributed by atoms with Crippen LogP contribution in [0.15, 0.2) is 42.6 Å². The summed E-state index contributed by atoms with van der Waals surface area (Å²) in [6, 6.07) is 6.88. The quantitative estimate of drug-likeness (QED) is 0.438. The van der Waals surface area contributed by atoms with Gasteiger partial charge in [-0.2, -0.15) is 26.3 Å². The van der Waals surface area contributed by atoms with Crippen LogP contribution in [0.3, 0.4) is 0 Å². The predicted octanol–water partition coefficient (Wildman–Crippen LogP) is 3.86. The number of pyridine rings is 1. The molecule has 0 spiro atoms. The number of anilines is 1. The fourth-order valence-electron chi connectivity index (χ4n) is 5.04. The van der Waals surface area contributed by atoms with Crippen LogP contribution in [0.1, 0.15) is 53.2 Å². The Morgan fingerprint density at radius 2 is 1.65 bits per heavy atom. The van der Waals surface area contributed by atoms with Gasteiger partial charge in [-0.3, -0.25) is 24.3 Å². The van der Waals surface area contributed by atoms with E-state index >= 15 is 0 Å². The molecule has 2 heterocycles. The molecule has 216 valence electrons. The number of hydrogen-bond donors (Lipinski definition) is 3. The summed E-state index contributed by atoms with van der Waals surface area (Å²) in [6.07, 6.45) is -5.23. The van der Waals surface area contributed by atoms with E-state index in [4.69, 9.17) is 0 Å². The van der Waals surface area contributed by atoms with Crippen molar-refractivity contribution in [3.05, 3.63) is 59.4 Å². The van der Waals surface area contributed by atoms with Crippen molar-refractivity contribution in [1.82, 2.24) is 20.5 Å². The molecule has 2 aliphatic rings. The maximum Gasteiger partial charge on any atom is 0.471 e. The lowest BCUT2D eigenvalue weighted by Crippen LogP contribution is -2.63. The first-order valence-electron chi connectivity index (χ1n) is 12.6. The summed E-state index contributed by atoms with van der Waals surface area (Å²) in [5, 5.41) is 7.02. The molecule has 1 aromatic heterocycles. The van der Waals surface area contributed by atoms with Crippen LogP contribution in [0.25, 0.3) is 0 Å². The third-order valence-electron chi connectivity index (χ3n) is 7.08. The summed E-state index contributed by atoms with van der Waals surface area (Å²) in [7, 11) is 0. The molecule has 14 heteroatoms. The molecule has 3 amide bonds. The van der Waals surface area contributed by atoms with E-state index in [-0.39, 0.29) is 35.8 Å². The fourth-order valence-corrected chi connectivity index (χ4v) is 5.04. The highest BCUT2D eigenvalue weighted by molar-refractivity contribution is 5.96. The standard InChI is InChI=1S/C26H27F6N5O3/c27-25(28,29)17-4-1-3-16(11-17)23(39)34-12-21(38)35-18-13-37(14-18)19-8-6-15(7-9-19)22-20(5-2-10-33-22)36-24(40)26(30,31)32/h1-5,10-11,15,18-19H,6-9,12-14H2,(H,34,39)(H,35,38)(H,36,40). The third kappa shape index (κ3) is 7.29. The van der Waals surface area contributed by atoms with Crippen molar-refractivity contribution in [2.45, 2.75) is 56.0 Å². The summed E-state index contributed by atoms with van der Waals surface area (Å²) in [4.78, 5) is 42.2. The largest absolute Gasteiger partial charge is 0.471 e. The zero-order valence-corrected chi connectivity index (χ0v) is 21.1. The van der Waals surface area contributed by atoms with Crippen molar-refractivity contribution in [3.63, 3.8) is 0 Å². The monoisotopic (exact) mass is 571 g/mol. The Morgan fingerprint density at radius 1 is 0.950 bits per heavy atom. The number of alkyl halides is 6. The van der Waals surface area contributed by atoms with Crippen LogP contribution >= 0.6 is 0 Å². The highest BCUT2D eigenvalue weighted by Gasteiger charge is 2.40. The Hall–Kier alpha value is -3.68. The number of hydrogen-bond acceptors (Lipinski definition) is 5. The van der Waals surface area contributed by atoms with E-state index < -0.39 is 35.6 Å². The van der Waals surface area contributed by atoms with Crippen molar-refractivity contribution in [2.75, 3.05) is 25.0 Å². The molecule has 0 unspecified atom stereocenters. The van der Waals surface area contributed by atoms with Crippen LogP contribution in [0.2, 0.25) is 0 Å². The van der Waals surface area contributed by atoms with E-state index in [9.17, 15) is 40.7 Å². The Morgan fingerprint density at radius 3 is 2.30 bits per heavy atom. The smallest absolute Gasteiger partial charge is 0.349 e. The summed E-state index contributed by atoms with van der Waals surface area (Å²) >= 11 is 0. The number of rotatable bonds is 7. The van der Waals surface area contributed by atoms with Gasteiger partial charge in [0.05, 0.1) is 29.5 Å². The van der Waals surface area contributed by atoms with Gasteiger partial charge in [-0.15, -0.1) is 0 Å². The van der Waals surface area contributed by atoms with Crippen LogP contribution in [-0.4, -0.2) is 65.5 Å². The number of halogens is 6. The third-order valence-corrected chi connectivity index (χ3v) is 7.08. The predicted molar refractivity (Wildman–Crippen MR) is 131 cm³/mol. The van der Waals surface area contributed by atoms with Gasteiger partial charge in [-0.05, 0) is 56.0 Å². The topological polar surface area (TPSA) is 103 Å². The minimum absolute atomic E-state index is 0.0557. The number of carbonyl (C=O) groups is 3. The van der Waals surface area contributed by atoms with Gasteiger partial charge in [0.1, 0.15) is 0 Å². The van der Waals surface area contributed by atoms with Gasteiger partial charge >= 0.3 is 18.3 Å². The summed E-state index contributed by atoms with van der Waals surface area (Å²) in [5.74, 6) is -3.39. The molecular weight excluding hydrogens is 544 g/mol. The first-order valence-corrected chi connectivity index (χ1v) is 12.6. The molecule has 8 nitrogen and oxygen atoms in total. The van der Waals surface area contributed by atoms with Crippen LogP contribution in [-0.2, 0) is 15.8 Å². The lowest BCUT2D eigenvalue weighted by Gasteiger charge is -2.46. The molecule has 0 radical (unpaired) electrons. The van der Waals surface area contributed by atoms with Crippen molar-refractivity contribution in [2.24, 2.45) is 0 Å². The summed E-state index contributed by atoms with van der Waals surface area (Å²) < 4.78 is 76.6. The first-order chi connectivity index (χ1) is 18.8. The van der Waals surface area contributed by atoms with Crippen LogP contribution in [0.5, 0.6) is 0 Å². The molecule has 1 aliphatic carbocycles. The first kappa shape index (κ1) is 29.3.